The molecule has 0 unspecified atom stereocenters. The van der Waals surface area contributed by atoms with Crippen LogP contribution in [0, 0.1) is 0 Å². The van der Waals surface area contributed by atoms with Crippen LogP contribution in [0.25, 0.3) is 0 Å². The molecule has 0 saturated carbocycles. The SMILES string of the molecule is CC(C)(CNC(=O)C[C@@H](NC(=O)c1ccccc1)c1ccccc1)N1CCOCC1. The van der Waals surface area contributed by atoms with E-state index in [1.807, 2.05) is 48.5 Å². The van der Waals surface area contributed by atoms with Gasteiger partial charge in [0.1, 0.15) is 0 Å². The number of hydrogen-bond acceptors (Lipinski definition) is 4. The van der Waals surface area contributed by atoms with Crippen molar-refractivity contribution in [2.75, 3.05) is 32.8 Å². The standard InChI is InChI=1S/C24H31N3O3/c1-24(2,27-13-15-30-16-14-27)18-25-22(28)17-21(19-9-5-3-6-10-19)26-23(29)20-11-7-4-8-12-20/h3-12,21H,13-18H2,1-2H3,(H,25,28)(H,26,29)/t21-/m1/s1. The Balaban J connectivity index is 1.62. The van der Waals surface area contributed by atoms with Crippen molar-refractivity contribution in [1.82, 2.24) is 15.5 Å². The van der Waals surface area contributed by atoms with Crippen LogP contribution in [0.2, 0.25) is 0 Å². The third-order valence-electron chi connectivity index (χ3n) is 5.52. The Kier molecular flexibility index (Phi) is 7.60. The Morgan fingerprint density at radius 2 is 1.60 bits per heavy atom. The van der Waals surface area contributed by atoms with Gasteiger partial charge in [-0.2, -0.15) is 0 Å². The number of hydrogen-bond donors (Lipinski definition) is 2. The molecule has 2 N–H and O–H groups in total. The first-order valence-corrected chi connectivity index (χ1v) is 10.5. The minimum atomic E-state index is -0.398. The maximum absolute atomic E-state index is 12.8. The predicted octanol–water partition coefficient (Wildman–Crippen LogP) is 2.77. The largest absolute Gasteiger partial charge is 0.379 e. The topological polar surface area (TPSA) is 70.7 Å². The molecule has 0 radical (unpaired) electrons. The Labute approximate surface area is 178 Å². The molecule has 1 aliphatic heterocycles. The van der Waals surface area contributed by atoms with Crippen LogP contribution >= 0.6 is 0 Å². The fraction of sp³-hybridized carbons (Fsp3) is 0.417. The molecule has 0 bridgehead atoms. The fourth-order valence-electron chi connectivity index (χ4n) is 3.62. The van der Waals surface area contributed by atoms with Gasteiger partial charge in [0.05, 0.1) is 25.7 Å². The van der Waals surface area contributed by atoms with Gasteiger partial charge in [0.2, 0.25) is 5.91 Å². The number of amides is 2. The van der Waals surface area contributed by atoms with E-state index in [-0.39, 0.29) is 23.8 Å². The first-order chi connectivity index (χ1) is 14.5. The Morgan fingerprint density at radius 1 is 1.00 bits per heavy atom. The van der Waals surface area contributed by atoms with E-state index >= 15 is 0 Å². The van der Waals surface area contributed by atoms with Crippen LogP contribution in [0.15, 0.2) is 60.7 Å². The number of morpholine rings is 1. The van der Waals surface area contributed by atoms with E-state index in [9.17, 15) is 9.59 Å². The molecule has 0 aromatic heterocycles. The van der Waals surface area contributed by atoms with Gasteiger partial charge in [-0.1, -0.05) is 48.5 Å². The summed E-state index contributed by atoms with van der Waals surface area (Å²) in [7, 11) is 0. The van der Waals surface area contributed by atoms with Gasteiger partial charge in [-0.15, -0.1) is 0 Å². The lowest BCUT2D eigenvalue weighted by Gasteiger charge is -2.40. The van der Waals surface area contributed by atoms with Crippen molar-refractivity contribution in [2.24, 2.45) is 0 Å². The molecule has 2 aromatic rings. The molecule has 1 fully saturated rings. The smallest absolute Gasteiger partial charge is 0.251 e. The third kappa shape index (κ3) is 6.15. The number of carbonyl (C=O) groups is 2. The molecule has 6 heteroatoms. The van der Waals surface area contributed by atoms with Crippen LogP contribution in [0.3, 0.4) is 0 Å². The normalized spacial score (nSPS) is 15.9. The van der Waals surface area contributed by atoms with E-state index < -0.39 is 6.04 Å². The summed E-state index contributed by atoms with van der Waals surface area (Å²) in [5.74, 6) is -0.274. The first kappa shape index (κ1) is 22.0. The molecule has 0 spiro atoms. The molecule has 1 saturated heterocycles. The molecular formula is C24H31N3O3. The van der Waals surface area contributed by atoms with Crippen molar-refractivity contribution in [1.29, 1.82) is 0 Å². The molecule has 30 heavy (non-hydrogen) atoms. The Morgan fingerprint density at radius 3 is 2.23 bits per heavy atom. The molecule has 1 atom stereocenters. The molecular weight excluding hydrogens is 378 g/mol. The van der Waals surface area contributed by atoms with Crippen molar-refractivity contribution in [3.8, 4) is 0 Å². The monoisotopic (exact) mass is 409 g/mol. The van der Waals surface area contributed by atoms with Crippen molar-refractivity contribution in [3.05, 3.63) is 71.8 Å². The zero-order chi connectivity index (χ0) is 21.4. The second kappa shape index (κ2) is 10.4. The van der Waals surface area contributed by atoms with Gasteiger partial charge in [-0.05, 0) is 31.5 Å². The highest BCUT2D eigenvalue weighted by atomic mass is 16.5. The van der Waals surface area contributed by atoms with Crippen LogP contribution in [0.5, 0.6) is 0 Å². The zero-order valence-corrected chi connectivity index (χ0v) is 17.8. The van der Waals surface area contributed by atoms with E-state index in [1.165, 1.54) is 0 Å². The van der Waals surface area contributed by atoms with Crippen molar-refractivity contribution in [3.63, 3.8) is 0 Å². The lowest BCUT2D eigenvalue weighted by Crippen LogP contribution is -2.55. The predicted molar refractivity (Wildman–Crippen MR) is 117 cm³/mol. The lowest BCUT2D eigenvalue weighted by atomic mass is 10.0. The number of nitrogens with one attached hydrogen (secondary N) is 2. The second-order valence-corrected chi connectivity index (χ2v) is 8.20. The maximum Gasteiger partial charge on any atom is 0.251 e. The van der Waals surface area contributed by atoms with Gasteiger partial charge in [0.15, 0.2) is 0 Å². The van der Waals surface area contributed by atoms with Gasteiger partial charge in [-0.25, -0.2) is 0 Å². The highest BCUT2D eigenvalue weighted by Gasteiger charge is 2.29. The maximum atomic E-state index is 12.8. The van der Waals surface area contributed by atoms with Gasteiger partial charge in [0.25, 0.3) is 5.91 Å². The summed E-state index contributed by atoms with van der Waals surface area (Å²) in [6.45, 7) is 7.97. The minimum absolute atomic E-state index is 0.0847. The molecule has 6 nitrogen and oxygen atoms in total. The minimum Gasteiger partial charge on any atom is -0.379 e. The summed E-state index contributed by atoms with van der Waals surface area (Å²) in [5.41, 5.74) is 1.33. The number of ether oxygens (including phenoxy) is 1. The first-order valence-electron chi connectivity index (χ1n) is 10.5. The van der Waals surface area contributed by atoms with Crippen molar-refractivity contribution < 1.29 is 14.3 Å². The summed E-state index contributed by atoms with van der Waals surface area (Å²) in [6.07, 6.45) is 0.182. The van der Waals surface area contributed by atoms with Crippen LogP contribution in [-0.2, 0) is 9.53 Å². The van der Waals surface area contributed by atoms with Crippen molar-refractivity contribution >= 4 is 11.8 Å². The average Bonchev–Trinajstić information content (AvgIpc) is 2.79. The van der Waals surface area contributed by atoms with Crippen LogP contribution < -0.4 is 10.6 Å². The molecule has 0 aliphatic carbocycles. The summed E-state index contributed by atoms with van der Waals surface area (Å²) >= 11 is 0. The summed E-state index contributed by atoms with van der Waals surface area (Å²) in [6, 6.07) is 18.3. The third-order valence-corrected chi connectivity index (χ3v) is 5.52. The quantitative estimate of drug-likeness (QED) is 0.703. The number of benzene rings is 2. The molecule has 160 valence electrons. The second-order valence-electron chi connectivity index (χ2n) is 8.20. The van der Waals surface area contributed by atoms with E-state index in [0.29, 0.717) is 12.1 Å². The number of carbonyl (C=O) groups excluding carboxylic acids is 2. The molecule has 3 rings (SSSR count). The van der Waals surface area contributed by atoms with Crippen molar-refractivity contribution in [2.45, 2.75) is 31.8 Å². The summed E-state index contributed by atoms with van der Waals surface area (Å²) in [4.78, 5) is 27.8. The van der Waals surface area contributed by atoms with E-state index in [1.54, 1.807) is 12.1 Å². The van der Waals surface area contributed by atoms with E-state index in [2.05, 4.69) is 29.4 Å². The summed E-state index contributed by atoms with van der Waals surface area (Å²) in [5, 5.41) is 6.08. The number of rotatable bonds is 8. The Hall–Kier alpha value is -2.70. The van der Waals surface area contributed by atoms with E-state index in [4.69, 9.17) is 4.74 Å². The van der Waals surface area contributed by atoms with Gasteiger partial charge >= 0.3 is 0 Å². The van der Waals surface area contributed by atoms with Crippen LogP contribution in [0.1, 0.15) is 42.2 Å². The van der Waals surface area contributed by atoms with E-state index in [0.717, 1.165) is 31.9 Å². The van der Waals surface area contributed by atoms with Gasteiger partial charge < -0.3 is 15.4 Å². The van der Waals surface area contributed by atoms with Gasteiger partial charge in [0, 0.05) is 30.7 Å². The molecule has 2 aromatic carbocycles. The zero-order valence-electron chi connectivity index (χ0n) is 17.8. The average molecular weight is 410 g/mol. The highest BCUT2D eigenvalue weighted by molar-refractivity contribution is 5.94. The highest BCUT2D eigenvalue weighted by Crippen LogP contribution is 2.19. The van der Waals surface area contributed by atoms with Crippen LogP contribution in [-0.4, -0.2) is 55.1 Å². The Bertz CT molecular complexity index is 818. The number of nitrogens with zero attached hydrogens (tertiary/aromatic N) is 1. The molecule has 1 heterocycles. The summed E-state index contributed by atoms with van der Waals surface area (Å²) < 4.78 is 5.43. The molecule has 2 amide bonds. The fourth-order valence-corrected chi connectivity index (χ4v) is 3.62. The van der Waals surface area contributed by atoms with Crippen LogP contribution in [0.4, 0.5) is 0 Å². The van der Waals surface area contributed by atoms with Gasteiger partial charge in [-0.3, -0.25) is 14.5 Å². The lowest BCUT2D eigenvalue weighted by molar-refractivity contribution is -0.122. The molecule has 1 aliphatic rings.